The summed E-state index contributed by atoms with van der Waals surface area (Å²) in [7, 11) is 1.10. The van der Waals surface area contributed by atoms with Gasteiger partial charge in [-0.25, -0.2) is 4.79 Å². The molecule has 4 nitrogen and oxygen atoms in total. The molecule has 0 saturated heterocycles. The topological polar surface area (TPSA) is 59.3 Å². The lowest BCUT2D eigenvalue weighted by Crippen LogP contribution is -2.10. The maximum Gasteiger partial charge on any atom is 0.387 e. The highest BCUT2D eigenvalue weighted by molar-refractivity contribution is 9.10. The molecule has 0 unspecified atom stereocenters. The first-order valence-corrected chi connectivity index (χ1v) is 5.05. The van der Waals surface area contributed by atoms with Gasteiger partial charge in [-0.15, -0.1) is 0 Å². The molecule has 0 aliphatic heterocycles. The number of rotatable bonds is 3. The second-order valence-corrected chi connectivity index (χ2v) is 3.67. The van der Waals surface area contributed by atoms with E-state index in [4.69, 9.17) is 5.26 Å². The average Bonchev–Trinajstić information content (AvgIpc) is 2.29. The van der Waals surface area contributed by atoms with E-state index in [2.05, 4.69) is 25.4 Å². The number of halogens is 3. The Labute approximate surface area is 104 Å². The van der Waals surface area contributed by atoms with Crippen LogP contribution in [0.15, 0.2) is 16.6 Å². The second kappa shape index (κ2) is 5.59. The maximum absolute atomic E-state index is 12.2. The van der Waals surface area contributed by atoms with Crippen molar-refractivity contribution in [3.63, 3.8) is 0 Å². The maximum atomic E-state index is 12.2. The molecule has 1 aromatic carbocycles. The fraction of sp³-hybridized carbons (Fsp3) is 0.200. The molecule has 0 saturated carbocycles. The number of nitrogens with zero attached hydrogens (tertiary/aromatic N) is 1. The summed E-state index contributed by atoms with van der Waals surface area (Å²) >= 11 is 2.95. The van der Waals surface area contributed by atoms with Gasteiger partial charge in [0.15, 0.2) is 5.75 Å². The molecule has 0 aliphatic rings. The van der Waals surface area contributed by atoms with Crippen LogP contribution < -0.4 is 4.74 Å². The van der Waals surface area contributed by atoms with Crippen molar-refractivity contribution in [1.29, 1.82) is 5.26 Å². The largest absolute Gasteiger partial charge is 0.465 e. The number of hydrogen-bond donors (Lipinski definition) is 0. The first-order valence-electron chi connectivity index (χ1n) is 4.26. The average molecular weight is 306 g/mol. The summed E-state index contributed by atoms with van der Waals surface area (Å²) in [6, 6.07) is 4.17. The minimum atomic E-state index is -3.08. The first kappa shape index (κ1) is 13.4. The number of esters is 1. The van der Waals surface area contributed by atoms with Gasteiger partial charge >= 0.3 is 12.6 Å². The molecule has 0 heterocycles. The Bertz CT molecular complexity index is 485. The van der Waals surface area contributed by atoms with Crippen molar-refractivity contribution in [1.82, 2.24) is 0 Å². The quantitative estimate of drug-likeness (QED) is 0.806. The fourth-order valence-electron chi connectivity index (χ4n) is 1.13. The van der Waals surface area contributed by atoms with E-state index in [0.717, 1.165) is 13.2 Å². The molecule has 0 radical (unpaired) electrons. The van der Waals surface area contributed by atoms with Crippen molar-refractivity contribution < 1.29 is 23.0 Å². The molecule has 0 fully saturated rings. The van der Waals surface area contributed by atoms with Gasteiger partial charge in [0.25, 0.3) is 0 Å². The molecular weight excluding hydrogens is 300 g/mol. The molecule has 0 aliphatic carbocycles. The molecule has 1 rings (SSSR count). The minimum Gasteiger partial charge on any atom is -0.465 e. The lowest BCUT2D eigenvalue weighted by Gasteiger charge is -2.11. The Hall–Kier alpha value is -1.68. The smallest absolute Gasteiger partial charge is 0.387 e. The second-order valence-electron chi connectivity index (χ2n) is 2.82. The van der Waals surface area contributed by atoms with E-state index >= 15 is 0 Å². The first-order chi connectivity index (χ1) is 7.99. The van der Waals surface area contributed by atoms with Crippen molar-refractivity contribution in [2.24, 2.45) is 0 Å². The third-order valence-corrected chi connectivity index (χ3v) is 2.37. The van der Waals surface area contributed by atoms with Gasteiger partial charge in [-0.05, 0) is 28.1 Å². The molecule has 1 aromatic rings. The predicted octanol–water partition coefficient (Wildman–Crippen LogP) is 2.71. The fourth-order valence-corrected chi connectivity index (χ4v) is 1.68. The molecule has 0 spiro atoms. The zero-order chi connectivity index (χ0) is 13.0. The highest BCUT2D eigenvalue weighted by Gasteiger charge is 2.20. The van der Waals surface area contributed by atoms with Gasteiger partial charge in [0.1, 0.15) is 5.56 Å². The molecule has 0 aromatic heterocycles. The van der Waals surface area contributed by atoms with Gasteiger partial charge < -0.3 is 9.47 Å². The SMILES string of the molecule is COC(=O)c1cc(C#N)cc(Br)c1OC(F)F. The Morgan fingerprint density at radius 3 is 2.65 bits per heavy atom. The van der Waals surface area contributed by atoms with E-state index in [1.54, 1.807) is 6.07 Å². The number of carbonyl (C=O) groups is 1. The van der Waals surface area contributed by atoms with Crippen LogP contribution in [0.3, 0.4) is 0 Å². The molecule has 7 heteroatoms. The van der Waals surface area contributed by atoms with Crippen LogP contribution in [0, 0.1) is 11.3 Å². The Morgan fingerprint density at radius 1 is 1.53 bits per heavy atom. The highest BCUT2D eigenvalue weighted by atomic mass is 79.9. The van der Waals surface area contributed by atoms with Crippen LogP contribution in [0.4, 0.5) is 8.78 Å². The lowest BCUT2D eigenvalue weighted by molar-refractivity contribution is -0.0509. The monoisotopic (exact) mass is 305 g/mol. The van der Waals surface area contributed by atoms with Crippen LogP contribution >= 0.6 is 15.9 Å². The molecule has 90 valence electrons. The van der Waals surface area contributed by atoms with Crippen LogP contribution in [-0.2, 0) is 4.74 Å². The number of nitriles is 1. The van der Waals surface area contributed by atoms with Crippen molar-refractivity contribution in [3.05, 3.63) is 27.7 Å². The van der Waals surface area contributed by atoms with Gasteiger partial charge in [-0.3, -0.25) is 0 Å². The molecule has 17 heavy (non-hydrogen) atoms. The predicted molar refractivity (Wildman–Crippen MR) is 56.8 cm³/mol. The number of methoxy groups -OCH3 is 1. The molecule has 0 bridgehead atoms. The third-order valence-electron chi connectivity index (χ3n) is 1.78. The summed E-state index contributed by atoms with van der Waals surface area (Å²) in [4.78, 5) is 11.4. The van der Waals surface area contributed by atoms with Gasteiger partial charge in [-0.1, -0.05) is 0 Å². The molecule has 0 atom stereocenters. The lowest BCUT2D eigenvalue weighted by atomic mass is 10.1. The Kier molecular flexibility index (Phi) is 4.40. The summed E-state index contributed by atoms with van der Waals surface area (Å²) in [5.41, 5.74) is -0.113. The van der Waals surface area contributed by atoms with Crippen molar-refractivity contribution in [3.8, 4) is 11.8 Å². The normalized spacial score (nSPS) is 9.88. The van der Waals surface area contributed by atoms with E-state index in [-0.39, 0.29) is 21.3 Å². The number of alkyl halides is 2. The standard InChI is InChI=1S/C10H6BrF2NO3/c1-16-9(15)6-2-5(4-14)3-7(11)8(6)17-10(12)13/h2-3,10H,1H3. The number of ether oxygens (including phenoxy) is 2. The van der Waals surface area contributed by atoms with Crippen molar-refractivity contribution in [2.45, 2.75) is 6.61 Å². The Balaban J connectivity index is 3.35. The number of hydrogen-bond acceptors (Lipinski definition) is 4. The highest BCUT2D eigenvalue weighted by Crippen LogP contribution is 2.32. The van der Waals surface area contributed by atoms with Crippen LogP contribution in [0.2, 0.25) is 0 Å². The summed E-state index contributed by atoms with van der Waals surface area (Å²) in [6.45, 7) is -3.08. The summed E-state index contributed by atoms with van der Waals surface area (Å²) in [5.74, 6) is -1.22. The van der Waals surface area contributed by atoms with Crippen LogP contribution in [0.25, 0.3) is 0 Å². The van der Waals surface area contributed by atoms with Crippen LogP contribution in [0.5, 0.6) is 5.75 Å². The number of benzene rings is 1. The molecular formula is C10H6BrF2NO3. The van der Waals surface area contributed by atoms with Gasteiger partial charge in [-0.2, -0.15) is 14.0 Å². The van der Waals surface area contributed by atoms with E-state index in [1.165, 1.54) is 6.07 Å². The van der Waals surface area contributed by atoms with E-state index in [0.29, 0.717) is 0 Å². The van der Waals surface area contributed by atoms with Crippen LogP contribution in [-0.4, -0.2) is 19.7 Å². The summed E-state index contributed by atoms with van der Waals surface area (Å²) in [6.07, 6.45) is 0. The molecule has 0 amide bonds. The zero-order valence-corrected chi connectivity index (χ0v) is 10.1. The zero-order valence-electron chi connectivity index (χ0n) is 8.54. The van der Waals surface area contributed by atoms with E-state index in [9.17, 15) is 13.6 Å². The third kappa shape index (κ3) is 3.14. The minimum absolute atomic E-state index is 0.0808. The van der Waals surface area contributed by atoms with Crippen molar-refractivity contribution >= 4 is 21.9 Å². The summed E-state index contributed by atoms with van der Waals surface area (Å²) < 4.78 is 33.0. The van der Waals surface area contributed by atoms with Gasteiger partial charge in [0, 0.05) is 0 Å². The Morgan fingerprint density at radius 2 is 2.18 bits per heavy atom. The van der Waals surface area contributed by atoms with Crippen molar-refractivity contribution in [2.75, 3.05) is 7.11 Å². The number of carbonyl (C=O) groups excluding carboxylic acids is 1. The van der Waals surface area contributed by atoms with E-state index in [1.807, 2.05) is 0 Å². The van der Waals surface area contributed by atoms with Gasteiger partial charge in [0.05, 0.1) is 23.2 Å². The van der Waals surface area contributed by atoms with Crippen LogP contribution in [0.1, 0.15) is 15.9 Å². The molecule has 0 N–H and O–H groups in total. The van der Waals surface area contributed by atoms with E-state index < -0.39 is 12.6 Å². The summed E-state index contributed by atoms with van der Waals surface area (Å²) in [5, 5.41) is 8.70. The van der Waals surface area contributed by atoms with Gasteiger partial charge in [0.2, 0.25) is 0 Å².